The van der Waals surface area contributed by atoms with E-state index in [-0.39, 0.29) is 11.7 Å². The minimum atomic E-state index is -0.457. The van der Waals surface area contributed by atoms with E-state index in [1.165, 1.54) is 30.9 Å². The summed E-state index contributed by atoms with van der Waals surface area (Å²) in [7, 11) is 6.72. The number of methoxy groups -OCH3 is 3. The van der Waals surface area contributed by atoms with E-state index >= 15 is 0 Å². The van der Waals surface area contributed by atoms with Crippen LogP contribution in [-0.2, 0) is 11.2 Å². The smallest absolute Gasteiger partial charge is 0.243 e. The Morgan fingerprint density at radius 1 is 1.00 bits per heavy atom. The minimum Gasteiger partial charge on any atom is -0.494 e. The van der Waals surface area contributed by atoms with Crippen molar-refractivity contribution in [1.82, 2.24) is 10.2 Å². The number of likely N-dealkylation sites (N-methyl/N-ethyl adjacent to an activating group) is 1. The molecule has 0 spiro atoms. The molecular weight excluding hydrogens is 399 g/mol. The molecule has 0 aliphatic heterocycles. The van der Waals surface area contributed by atoms with Crippen molar-refractivity contribution in [2.45, 2.75) is 12.8 Å². The molecule has 0 unspecified atom stereocenters. The second-order valence-electron chi connectivity index (χ2n) is 7.11. The van der Waals surface area contributed by atoms with E-state index < -0.39 is 5.82 Å². The first-order valence-corrected chi connectivity index (χ1v) is 10.2. The molecule has 0 atom stereocenters. The van der Waals surface area contributed by atoms with E-state index in [0.717, 1.165) is 37.4 Å². The number of nitrogens with zero attached hydrogens (tertiary/aromatic N) is 1. The van der Waals surface area contributed by atoms with Crippen molar-refractivity contribution in [3.8, 4) is 17.2 Å². The number of rotatable bonds is 12. The first kappa shape index (κ1) is 24.2. The van der Waals surface area contributed by atoms with E-state index in [1.807, 2.05) is 18.2 Å². The molecule has 1 amide bonds. The van der Waals surface area contributed by atoms with Crippen LogP contribution in [0.3, 0.4) is 0 Å². The van der Waals surface area contributed by atoms with Crippen molar-refractivity contribution in [1.29, 1.82) is 0 Å². The summed E-state index contributed by atoms with van der Waals surface area (Å²) in [6.07, 6.45) is 4.71. The van der Waals surface area contributed by atoms with Crippen molar-refractivity contribution >= 4 is 12.0 Å². The van der Waals surface area contributed by atoms with Gasteiger partial charge in [0.2, 0.25) is 5.91 Å². The van der Waals surface area contributed by atoms with E-state index in [1.54, 1.807) is 26.4 Å². The summed E-state index contributed by atoms with van der Waals surface area (Å²) < 4.78 is 29.1. The number of carbonyl (C=O) groups excluding carboxylic acids is 1. The van der Waals surface area contributed by atoms with Gasteiger partial charge in [0.25, 0.3) is 0 Å². The average Bonchev–Trinajstić information content (AvgIpc) is 2.78. The maximum absolute atomic E-state index is 13.7. The highest BCUT2D eigenvalue weighted by molar-refractivity contribution is 5.91. The fraction of sp³-hybridized carbons (Fsp3) is 0.375. The van der Waals surface area contributed by atoms with Gasteiger partial charge in [0, 0.05) is 19.2 Å². The molecule has 0 bridgehead atoms. The van der Waals surface area contributed by atoms with Gasteiger partial charge < -0.3 is 24.4 Å². The standard InChI is InChI=1S/C24H31FN2O4/c1-27(15-12-19-7-10-22(30-3)23(17-19)31-4)14-5-13-26-24(28)11-8-18-6-9-21(29-2)20(25)16-18/h6-11,16-17H,5,12-15H2,1-4H3,(H,26,28)/b11-8+. The Bertz CT molecular complexity index is 886. The predicted octanol–water partition coefficient (Wildman–Crippen LogP) is 3.55. The Balaban J connectivity index is 1.67. The number of amides is 1. The van der Waals surface area contributed by atoms with Gasteiger partial charge in [-0.05, 0) is 67.9 Å². The third-order valence-electron chi connectivity index (χ3n) is 4.85. The Morgan fingerprint density at radius 3 is 2.39 bits per heavy atom. The molecule has 6 nitrogen and oxygen atoms in total. The normalized spacial score (nSPS) is 11.0. The molecule has 7 heteroatoms. The van der Waals surface area contributed by atoms with Crippen LogP contribution in [-0.4, -0.2) is 58.8 Å². The van der Waals surface area contributed by atoms with Crippen molar-refractivity contribution in [2.75, 3.05) is 48.0 Å². The molecule has 2 aromatic rings. The zero-order valence-corrected chi connectivity index (χ0v) is 18.6. The third kappa shape index (κ3) is 7.94. The van der Waals surface area contributed by atoms with Crippen LogP contribution in [0.2, 0.25) is 0 Å². The van der Waals surface area contributed by atoms with Crippen LogP contribution in [0.15, 0.2) is 42.5 Å². The number of carbonyl (C=O) groups is 1. The molecule has 31 heavy (non-hydrogen) atoms. The summed E-state index contributed by atoms with van der Waals surface area (Å²) in [5, 5.41) is 2.85. The number of hydrogen-bond donors (Lipinski definition) is 1. The van der Waals surface area contributed by atoms with Gasteiger partial charge in [-0.2, -0.15) is 0 Å². The van der Waals surface area contributed by atoms with E-state index in [0.29, 0.717) is 12.1 Å². The molecule has 2 aromatic carbocycles. The van der Waals surface area contributed by atoms with Crippen LogP contribution in [0.1, 0.15) is 17.5 Å². The molecule has 0 fully saturated rings. The molecule has 0 aliphatic carbocycles. The van der Waals surface area contributed by atoms with Crippen molar-refractivity contribution in [3.05, 3.63) is 59.4 Å². The van der Waals surface area contributed by atoms with Crippen LogP contribution in [0.5, 0.6) is 17.2 Å². The van der Waals surface area contributed by atoms with Crippen LogP contribution < -0.4 is 19.5 Å². The average molecular weight is 431 g/mol. The maximum Gasteiger partial charge on any atom is 0.243 e. The third-order valence-corrected chi connectivity index (χ3v) is 4.85. The Kier molecular flexibility index (Phi) is 9.84. The van der Waals surface area contributed by atoms with Crippen LogP contribution in [0.25, 0.3) is 6.08 Å². The van der Waals surface area contributed by atoms with Gasteiger partial charge in [-0.25, -0.2) is 4.39 Å². The Labute approximate surface area is 183 Å². The van der Waals surface area contributed by atoms with Crippen LogP contribution in [0.4, 0.5) is 4.39 Å². The van der Waals surface area contributed by atoms with Crippen molar-refractivity contribution < 1.29 is 23.4 Å². The Morgan fingerprint density at radius 2 is 1.71 bits per heavy atom. The summed E-state index contributed by atoms with van der Waals surface area (Å²) in [6.45, 7) is 2.33. The molecule has 0 radical (unpaired) electrons. The molecular formula is C24H31FN2O4. The summed E-state index contributed by atoms with van der Waals surface area (Å²) >= 11 is 0. The van der Waals surface area contributed by atoms with Crippen molar-refractivity contribution in [3.63, 3.8) is 0 Å². The van der Waals surface area contributed by atoms with Gasteiger partial charge >= 0.3 is 0 Å². The summed E-state index contributed by atoms with van der Waals surface area (Å²) in [5.74, 6) is 0.972. The van der Waals surface area contributed by atoms with Gasteiger partial charge in [0.15, 0.2) is 23.1 Å². The highest BCUT2D eigenvalue weighted by atomic mass is 19.1. The van der Waals surface area contributed by atoms with E-state index in [9.17, 15) is 9.18 Å². The fourth-order valence-electron chi connectivity index (χ4n) is 3.05. The van der Waals surface area contributed by atoms with Gasteiger partial charge in [-0.15, -0.1) is 0 Å². The summed E-state index contributed by atoms with van der Waals surface area (Å²) in [6, 6.07) is 10.5. The van der Waals surface area contributed by atoms with E-state index in [2.05, 4.69) is 17.3 Å². The number of nitrogens with one attached hydrogen (secondary N) is 1. The lowest BCUT2D eigenvalue weighted by atomic mass is 10.1. The monoisotopic (exact) mass is 430 g/mol. The number of benzene rings is 2. The number of halogens is 1. The topological polar surface area (TPSA) is 60.0 Å². The molecule has 0 saturated heterocycles. The van der Waals surface area contributed by atoms with Gasteiger partial charge in [0.05, 0.1) is 21.3 Å². The minimum absolute atomic E-state index is 0.178. The zero-order chi connectivity index (χ0) is 22.6. The largest absolute Gasteiger partial charge is 0.494 e. The van der Waals surface area contributed by atoms with Gasteiger partial charge in [-0.1, -0.05) is 12.1 Å². The molecule has 0 aromatic heterocycles. The zero-order valence-electron chi connectivity index (χ0n) is 18.6. The van der Waals surface area contributed by atoms with E-state index in [4.69, 9.17) is 14.2 Å². The first-order valence-electron chi connectivity index (χ1n) is 10.2. The first-order chi connectivity index (χ1) is 15.0. The lowest BCUT2D eigenvalue weighted by Gasteiger charge is -2.17. The highest BCUT2D eigenvalue weighted by Gasteiger charge is 2.06. The summed E-state index contributed by atoms with van der Waals surface area (Å²) in [5.41, 5.74) is 1.78. The maximum atomic E-state index is 13.7. The second kappa shape index (κ2) is 12.6. The second-order valence-corrected chi connectivity index (χ2v) is 7.11. The molecule has 2 rings (SSSR count). The molecule has 0 aliphatic rings. The SMILES string of the molecule is COc1ccc(/C=C/C(=O)NCCCN(C)CCc2ccc(OC)c(OC)c2)cc1F. The Hall–Kier alpha value is -3.06. The van der Waals surface area contributed by atoms with Gasteiger partial charge in [-0.3, -0.25) is 4.79 Å². The fourth-order valence-corrected chi connectivity index (χ4v) is 3.05. The highest BCUT2D eigenvalue weighted by Crippen LogP contribution is 2.27. The lowest BCUT2D eigenvalue weighted by Crippen LogP contribution is -2.28. The number of ether oxygens (including phenoxy) is 3. The molecule has 0 heterocycles. The quantitative estimate of drug-likeness (QED) is 0.412. The van der Waals surface area contributed by atoms with Crippen LogP contribution in [0, 0.1) is 5.82 Å². The lowest BCUT2D eigenvalue weighted by molar-refractivity contribution is -0.116. The molecule has 0 saturated carbocycles. The molecule has 168 valence electrons. The van der Waals surface area contributed by atoms with Gasteiger partial charge in [0.1, 0.15) is 0 Å². The number of hydrogen-bond acceptors (Lipinski definition) is 5. The molecule has 1 N–H and O–H groups in total. The summed E-state index contributed by atoms with van der Waals surface area (Å²) in [4.78, 5) is 14.2. The van der Waals surface area contributed by atoms with Crippen LogP contribution >= 0.6 is 0 Å². The predicted molar refractivity (Wildman–Crippen MR) is 120 cm³/mol. The van der Waals surface area contributed by atoms with Crippen molar-refractivity contribution in [2.24, 2.45) is 0 Å².